The van der Waals surface area contributed by atoms with Gasteiger partial charge in [0.15, 0.2) is 5.65 Å². The number of imidazole rings is 1. The van der Waals surface area contributed by atoms with Gasteiger partial charge < -0.3 is 10.1 Å². The van der Waals surface area contributed by atoms with Crippen molar-refractivity contribution in [1.82, 2.24) is 15.0 Å². The molecule has 0 fully saturated rings. The molecule has 0 aliphatic rings. The van der Waals surface area contributed by atoms with Gasteiger partial charge in [-0.3, -0.25) is 0 Å². The van der Waals surface area contributed by atoms with Crippen LogP contribution in [0.15, 0.2) is 12.3 Å². The van der Waals surface area contributed by atoms with Crippen LogP contribution in [-0.4, -0.2) is 20.1 Å². The zero-order valence-electron chi connectivity index (χ0n) is 7.57. The Morgan fingerprint density at radius 2 is 2.31 bits per heavy atom. The zero-order valence-corrected chi connectivity index (χ0v) is 7.57. The molecule has 0 saturated heterocycles. The number of nitrogens with one attached hydrogen (secondary N) is 1. The Balaban J connectivity index is 2.75. The number of aromatic amines is 1. The molecule has 13 heavy (non-hydrogen) atoms. The van der Waals surface area contributed by atoms with E-state index in [4.69, 9.17) is 0 Å². The summed E-state index contributed by atoms with van der Waals surface area (Å²) in [5.74, 6) is 0.815. The van der Waals surface area contributed by atoms with Gasteiger partial charge in [-0.15, -0.1) is 0 Å². The molecule has 0 bridgehead atoms. The molecular weight excluding hydrogens is 166 g/mol. The summed E-state index contributed by atoms with van der Waals surface area (Å²) in [6, 6.07) is 1.80. The molecule has 68 valence electrons. The molecule has 0 aliphatic heterocycles. The molecule has 0 amide bonds. The second-order valence-electron chi connectivity index (χ2n) is 3.10. The fourth-order valence-corrected chi connectivity index (χ4v) is 1.39. The lowest BCUT2D eigenvalue weighted by Gasteiger charge is -2.03. The van der Waals surface area contributed by atoms with Crippen LogP contribution in [0.4, 0.5) is 0 Å². The van der Waals surface area contributed by atoms with Crippen molar-refractivity contribution in [2.24, 2.45) is 0 Å². The average Bonchev–Trinajstić information content (AvgIpc) is 2.43. The molecule has 0 aliphatic carbocycles. The monoisotopic (exact) mass is 177 g/mol. The van der Waals surface area contributed by atoms with Crippen LogP contribution < -0.4 is 0 Å². The second kappa shape index (κ2) is 2.81. The lowest BCUT2D eigenvalue weighted by molar-refractivity contribution is 0.200. The largest absolute Gasteiger partial charge is 0.389 e. The Labute approximate surface area is 75.7 Å². The van der Waals surface area contributed by atoms with Gasteiger partial charge >= 0.3 is 0 Å². The number of hydrogen-bond donors (Lipinski definition) is 2. The number of H-pyrrole nitrogens is 1. The molecule has 2 N–H and O–H groups in total. The van der Waals surface area contributed by atoms with E-state index >= 15 is 0 Å². The molecule has 4 heteroatoms. The van der Waals surface area contributed by atoms with Crippen molar-refractivity contribution in [2.45, 2.75) is 20.0 Å². The molecule has 0 aromatic carbocycles. The number of aryl methyl sites for hydroxylation is 1. The van der Waals surface area contributed by atoms with Crippen LogP contribution in [0.25, 0.3) is 11.2 Å². The van der Waals surface area contributed by atoms with Crippen LogP contribution in [0.5, 0.6) is 0 Å². The van der Waals surface area contributed by atoms with Crippen LogP contribution >= 0.6 is 0 Å². The van der Waals surface area contributed by atoms with E-state index in [1.54, 1.807) is 19.2 Å². The summed E-state index contributed by atoms with van der Waals surface area (Å²) < 4.78 is 0. The van der Waals surface area contributed by atoms with Crippen molar-refractivity contribution in [2.75, 3.05) is 0 Å². The molecule has 2 aromatic heterocycles. The van der Waals surface area contributed by atoms with Crippen LogP contribution in [-0.2, 0) is 0 Å². The van der Waals surface area contributed by atoms with Gasteiger partial charge in [-0.2, -0.15) is 0 Å². The highest BCUT2D eigenvalue weighted by molar-refractivity contribution is 5.74. The van der Waals surface area contributed by atoms with Gasteiger partial charge in [0.25, 0.3) is 0 Å². The molecule has 4 nitrogen and oxygen atoms in total. The number of aromatic nitrogens is 3. The SMILES string of the molecule is Cc1nc2nccc(C(C)O)c2[nH]1. The van der Waals surface area contributed by atoms with Crippen LogP contribution in [0.3, 0.4) is 0 Å². The van der Waals surface area contributed by atoms with E-state index in [1.165, 1.54) is 0 Å². The third-order valence-corrected chi connectivity index (χ3v) is 1.99. The maximum absolute atomic E-state index is 9.46. The fourth-order valence-electron chi connectivity index (χ4n) is 1.39. The maximum atomic E-state index is 9.46. The minimum atomic E-state index is -0.495. The number of aliphatic hydroxyl groups excluding tert-OH is 1. The third kappa shape index (κ3) is 1.29. The third-order valence-electron chi connectivity index (χ3n) is 1.99. The van der Waals surface area contributed by atoms with Crippen molar-refractivity contribution in [3.05, 3.63) is 23.7 Å². The van der Waals surface area contributed by atoms with Gasteiger partial charge in [-0.05, 0) is 19.9 Å². The highest BCUT2D eigenvalue weighted by Crippen LogP contribution is 2.19. The molecule has 2 rings (SSSR count). The predicted octanol–water partition coefficient (Wildman–Crippen LogP) is 1.32. The van der Waals surface area contributed by atoms with Crippen molar-refractivity contribution in [1.29, 1.82) is 0 Å². The Kier molecular flexibility index (Phi) is 1.77. The van der Waals surface area contributed by atoms with E-state index < -0.39 is 6.10 Å². The normalized spacial score (nSPS) is 13.5. The molecule has 0 spiro atoms. The first-order valence-electron chi connectivity index (χ1n) is 4.18. The highest BCUT2D eigenvalue weighted by Gasteiger charge is 2.09. The molecule has 0 radical (unpaired) electrons. The Bertz CT molecular complexity index is 433. The van der Waals surface area contributed by atoms with Crippen LogP contribution in [0, 0.1) is 6.92 Å². The molecular formula is C9H11N3O. The minimum Gasteiger partial charge on any atom is -0.389 e. The Morgan fingerprint density at radius 1 is 1.54 bits per heavy atom. The van der Waals surface area contributed by atoms with E-state index in [2.05, 4.69) is 15.0 Å². The van der Waals surface area contributed by atoms with Crippen LogP contribution in [0.1, 0.15) is 24.4 Å². The van der Waals surface area contributed by atoms with E-state index in [0.717, 1.165) is 16.9 Å². The van der Waals surface area contributed by atoms with E-state index in [0.29, 0.717) is 5.65 Å². The number of pyridine rings is 1. The topological polar surface area (TPSA) is 61.8 Å². The molecule has 1 atom stereocenters. The van der Waals surface area contributed by atoms with Gasteiger partial charge in [0, 0.05) is 11.8 Å². The van der Waals surface area contributed by atoms with Crippen molar-refractivity contribution < 1.29 is 5.11 Å². The van der Waals surface area contributed by atoms with Gasteiger partial charge in [0.1, 0.15) is 5.82 Å². The van der Waals surface area contributed by atoms with Crippen LogP contribution in [0.2, 0.25) is 0 Å². The maximum Gasteiger partial charge on any atom is 0.178 e. The number of rotatable bonds is 1. The first-order chi connectivity index (χ1) is 6.18. The Hall–Kier alpha value is -1.42. The molecule has 1 unspecified atom stereocenters. The van der Waals surface area contributed by atoms with Crippen molar-refractivity contribution in [3.63, 3.8) is 0 Å². The molecule has 0 saturated carbocycles. The summed E-state index contributed by atoms with van der Waals surface area (Å²) >= 11 is 0. The number of hydrogen-bond acceptors (Lipinski definition) is 3. The van der Waals surface area contributed by atoms with Gasteiger partial charge in [-0.1, -0.05) is 0 Å². The minimum absolute atomic E-state index is 0.495. The fraction of sp³-hybridized carbons (Fsp3) is 0.333. The average molecular weight is 177 g/mol. The number of aliphatic hydroxyl groups is 1. The van der Waals surface area contributed by atoms with E-state index in [-0.39, 0.29) is 0 Å². The standard InChI is InChI=1S/C9H11N3O/c1-5(13)7-3-4-10-9-8(7)11-6(2)12-9/h3-5,13H,1-2H3,(H,10,11,12). The van der Waals surface area contributed by atoms with Gasteiger partial charge in [0.2, 0.25) is 0 Å². The van der Waals surface area contributed by atoms with E-state index in [9.17, 15) is 5.11 Å². The Morgan fingerprint density at radius 3 is 3.00 bits per heavy atom. The van der Waals surface area contributed by atoms with Gasteiger partial charge in [-0.25, -0.2) is 9.97 Å². The summed E-state index contributed by atoms with van der Waals surface area (Å²) in [6.45, 7) is 3.60. The number of nitrogens with zero attached hydrogens (tertiary/aromatic N) is 2. The van der Waals surface area contributed by atoms with E-state index in [1.807, 2.05) is 6.92 Å². The highest BCUT2D eigenvalue weighted by atomic mass is 16.3. The summed E-state index contributed by atoms with van der Waals surface area (Å²) in [5, 5.41) is 9.46. The lowest BCUT2D eigenvalue weighted by Crippen LogP contribution is -1.93. The predicted molar refractivity (Wildman–Crippen MR) is 49.3 cm³/mol. The quantitative estimate of drug-likeness (QED) is 0.690. The zero-order chi connectivity index (χ0) is 9.42. The lowest BCUT2D eigenvalue weighted by atomic mass is 10.1. The van der Waals surface area contributed by atoms with Crippen molar-refractivity contribution in [3.8, 4) is 0 Å². The smallest absolute Gasteiger partial charge is 0.178 e. The number of fused-ring (bicyclic) bond motifs is 1. The summed E-state index contributed by atoms with van der Waals surface area (Å²) in [4.78, 5) is 11.3. The summed E-state index contributed by atoms with van der Waals surface area (Å²) in [7, 11) is 0. The second-order valence-corrected chi connectivity index (χ2v) is 3.10. The summed E-state index contributed by atoms with van der Waals surface area (Å²) in [6.07, 6.45) is 1.16. The molecule has 2 heterocycles. The first-order valence-corrected chi connectivity index (χ1v) is 4.18. The van der Waals surface area contributed by atoms with Crippen molar-refractivity contribution >= 4 is 11.2 Å². The summed E-state index contributed by atoms with van der Waals surface area (Å²) in [5.41, 5.74) is 2.33. The first kappa shape index (κ1) is 8.19. The van der Waals surface area contributed by atoms with Gasteiger partial charge in [0.05, 0.1) is 11.6 Å². The molecule has 2 aromatic rings.